The minimum atomic E-state index is -0.307. The fourth-order valence-corrected chi connectivity index (χ4v) is 2.81. The van der Waals surface area contributed by atoms with E-state index in [1.54, 1.807) is 0 Å². The van der Waals surface area contributed by atoms with Crippen LogP contribution in [0.25, 0.3) is 0 Å². The van der Waals surface area contributed by atoms with Crippen LogP contribution in [-0.2, 0) is 4.74 Å². The average molecular weight is 318 g/mol. The molecule has 0 spiro atoms. The molecule has 0 saturated carbocycles. The van der Waals surface area contributed by atoms with Crippen molar-refractivity contribution < 1.29 is 4.74 Å². The molecule has 4 heteroatoms. The fourth-order valence-electron chi connectivity index (χ4n) is 2.40. The van der Waals surface area contributed by atoms with Crippen molar-refractivity contribution in [3.05, 3.63) is 33.8 Å². The highest BCUT2D eigenvalue weighted by molar-refractivity contribution is 6.33. The van der Waals surface area contributed by atoms with E-state index in [9.17, 15) is 0 Å². The second-order valence-corrected chi connectivity index (χ2v) is 6.00. The summed E-state index contributed by atoms with van der Waals surface area (Å²) in [6.07, 6.45) is 1.95. The molecular weight excluding hydrogens is 293 g/mol. The monoisotopic (exact) mass is 317 g/mol. The van der Waals surface area contributed by atoms with Crippen LogP contribution in [0.3, 0.4) is 0 Å². The minimum Gasteiger partial charge on any atom is -0.374 e. The molecule has 114 valence electrons. The maximum atomic E-state index is 6.38. The lowest BCUT2D eigenvalue weighted by Crippen LogP contribution is -2.44. The zero-order valence-electron chi connectivity index (χ0n) is 12.8. The van der Waals surface area contributed by atoms with Crippen LogP contribution in [0, 0.1) is 0 Å². The first-order chi connectivity index (χ1) is 9.48. The molecule has 2 nitrogen and oxygen atoms in total. The zero-order valence-corrected chi connectivity index (χ0v) is 14.3. The Bertz CT molecular complexity index is 425. The molecule has 1 N–H and O–H groups in total. The third-order valence-electron chi connectivity index (χ3n) is 3.65. The zero-order chi connectivity index (χ0) is 15.2. The largest absolute Gasteiger partial charge is 0.374 e. The van der Waals surface area contributed by atoms with Crippen LogP contribution in [0.2, 0.25) is 10.0 Å². The smallest absolute Gasteiger partial charge is 0.0846 e. The summed E-state index contributed by atoms with van der Waals surface area (Å²) in [5.74, 6) is 0. The summed E-state index contributed by atoms with van der Waals surface area (Å²) in [5, 5.41) is 4.98. The molecule has 2 atom stereocenters. The molecule has 0 bridgehead atoms. The minimum absolute atomic E-state index is 0.0265. The summed E-state index contributed by atoms with van der Waals surface area (Å²) in [7, 11) is 0. The van der Waals surface area contributed by atoms with Gasteiger partial charge in [0.15, 0.2) is 0 Å². The van der Waals surface area contributed by atoms with Crippen molar-refractivity contribution in [3.8, 4) is 0 Å². The lowest BCUT2D eigenvalue weighted by atomic mass is 9.87. The van der Waals surface area contributed by atoms with Gasteiger partial charge in [0.05, 0.1) is 11.6 Å². The van der Waals surface area contributed by atoms with Crippen molar-refractivity contribution in [1.29, 1.82) is 0 Å². The van der Waals surface area contributed by atoms with Gasteiger partial charge in [0, 0.05) is 16.7 Å². The topological polar surface area (TPSA) is 21.3 Å². The van der Waals surface area contributed by atoms with Gasteiger partial charge in [0.25, 0.3) is 0 Å². The molecule has 1 rings (SSSR count). The number of rotatable bonds is 8. The van der Waals surface area contributed by atoms with Crippen LogP contribution < -0.4 is 5.32 Å². The highest BCUT2D eigenvalue weighted by atomic mass is 35.5. The second kappa shape index (κ2) is 8.23. The van der Waals surface area contributed by atoms with Gasteiger partial charge >= 0.3 is 0 Å². The normalized spacial score (nSPS) is 15.9. The van der Waals surface area contributed by atoms with Gasteiger partial charge in [-0.25, -0.2) is 0 Å². The highest BCUT2D eigenvalue weighted by Gasteiger charge is 2.35. The van der Waals surface area contributed by atoms with Crippen LogP contribution in [0.1, 0.15) is 52.1 Å². The van der Waals surface area contributed by atoms with Gasteiger partial charge in [0.1, 0.15) is 0 Å². The molecule has 0 saturated heterocycles. The van der Waals surface area contributed by atoms with Crippen molar-refractivity contribution >= 4 is 23.2 Å². The molecule has 20 heavy (non-hydrogen) atoms. The summed E-state index contributed by atoms with van der Waals surface area (Å²) in [6, 6.07) is 5.62. The van der Waals surface area contributed by atoms with Crippen molar-refractivity contribution in [2.24, 2.45) is 0 Å². The molecule has 0 aliphatic rings. The van der Waals surface area contributed by atoms with E-state index >= 15 is 0 Å². The fraction of sp³-hybridized carbons (Fsp3) is 0.625. The number of ether oxygens (including phenoxy) is 1. The van der Waals surface area contributed by atoms with Crippen LogP contribution >= 0.6 is 23.2 Å². The molecule has 0 fully saturated rings. The summed E-state index contributed by atoms with van der Waals surface area (Å²) in [4.78, 5) is 0. The number of nitrogens with one attached hydrogen (secondary N) is 1. The maximum absolute atomic E-state index is 6.38. The van der Waals surface area contributed by atoms with Gasteiger partial charge in [-0.1, -0.05) is 37.0 Å². The number of hydrogen-bond donors (Lipinski definition) is 1. The van der Waals surface area contributed by atoms with Gasteiger partial charge in [-0.2, -0.15) is 0 Å². The van der Waals surface area contributed by atoms with E-state index in [-0.39, 0.29) is 11.6 Å². The lowest BCUT2D eigenvalue weighted by molar-refractivity contribution is -0.0562. The van der Waals surface area contributed by atoms with Crippen LogP contribution in [0.15, 0.2) is 18.2 Å². The molecule has 1 aromatic carbocycles. The Morgan fingerprint density at radius 2 is 1.95 bits per heavy atom. The summed E-state index contributed by atoms with van der Waals surface area (Å²) in [5.41, 5.74) is 0.698. The van der Waals surface area contributed by atoms with Crippen molar-refractivity contribution in [2.75, 3.05) is 13.2 Å². The van der Waals surface area contributed by atoms with Gasteiger partial charge in [-0.3, -0.25) is 0 Å². The van der Waals surface area contributed by atoms with E-state index in [0.29, 0.717) is 11.6 Å². The predicted octanol–water partition coefficient (Wildman–Crippen LogP) is 5.24. The second-order valence-electron chi connectivity index (χ2n) is 5.15. The molecule has 0 aliphatic heterocycles. The SMILES string of the molecule is CCCNC(c1cc(Cl)ccc1Cl)C(C)(CC)OCC. The summed E-state index contributed by atoms with van der Waals surface area (Å²) >= 11 is 12.5. The molecule has 0 radical (unpaired) electrons. The molecular formula is C16H25Cl2NO. The van der Waals surface area contributed by atoms with Crippen LogP contribution in [0.5, 0.6) is 0 Å². The third-order valence-corrected chi connectivity index (χ3v) is 4.23. The van der Waals surface area contributed by atoms with E-state index in [4.69, 9.17) is 27.9 Å². The van der Waals surface area contributed by atoms with Crippen molar-refractivity contribution in [2.45, 2.75) is 52.2 Å². The quantitative estimate of drug-likeness (QED) is 0.708. The molecule has 0 heterocycles. The first kappa shape index (κ1) is 17.8. The Kier molecular flexibility index (Phi) is 7.32. The molecule has 2 unspecified atom stereocenters. The Labute approximate surface area is 132 Å². The average Bonchev–Trinajstić information content (AvgIpc) is 2.43. The summed E-state index contributed by atoms with van der Waals surface area (Å²) < 4.78 is 6.02. The Balaban J connectivity index is 3.19. The predicted molar refractivity (Wildman–Crippen MR) is 87.8 cm³/mol. The molecule has 0 amide bonds. The number of halogens is 2. The Morgan fingerprint density at radius 3 is 2.50 bits per heavy atom. The van der Waals surface area contributed by atoms with E-state index in [1.807, 2.05) is 25.1 Å². The van der Waals surface area contributed by atoms with Gasteiger partial charge in [0.2, 0.25) is 0 Å². The van der Waals surface area contributed by atoms with Gasteiger partial charge in [-0.05, 0) is 57.0 Å². The third kappa shape index (κ3) is 4.36. The van der Waals surface area contributed by atoms with Crippen molar-refractivity contribution in [3.63, 3.8) is 0 Å². The standard InChI is InChI=1S/C16H25Cl2NO/c1-5-10-19-15(16(4,6-2)20-7-3)13-11-12(17)8-9-14(13)18/h8-9,11,15,19H,5-7,10H2,1-4H3. The van der Waals surface area contributed by atoms with E-state index in [1.165, 1.54) is 0 Å². The van der Waals surface area contributed by atoms with Gasteiger partial charge in [-0.15, -0.1) is 0 Å². The van der Waals surface area contributed by atoms with E-state index in [0.717, 1.165) is 30.0 Å². The van der Waals surface area contributed by atoms with Crippen molar-refractivity contribution in [1.82, 2.24) is 5.32 Å². The first-order valence-corrected chi connectivity index (χ1v) is 8.06. The van der Waals surface area contributed by atoms with Crippen LogP contribution in [0.4, 0.5) is 0 Å². The van der Waals surface area contributed by atoms with E-state index in [2.05, 4.69) is 26.1 Å². The van der Waals surface area contributed by atoms with E-state index < -0.39 is 0 Å². The van der Waals surface area contributed by atoms with Crippen LogP contribution in [-0.4, -0.2) is 18.8 Å². The number of benzene rings is 1. The molecule has 0 aromatic heterocycles. The molecule has 1 aromatic rings. The Morgan fingerprint density at radius 1 is 1.25 bits per heavy atom. The Hall–Kier alpha value is -0.280. The first-order valence-electron chi connectivity index (χ1n) is 7.30. The number of hydrogen-bond acceptors (Lipinski definition) is 2. The highest BCUT2D eigenvalue weighted by Crippen LogP contribution is 2.37. The summed E-state index contributed by atoms with van der Waals surface area (Å²) in [6.45, 7) is 10.0. The maximum Gasteiger partial charge on any atom is 0.0846 e. The molecule has 0 aliphatic carbocycles. The lowest BCUT2D eigenvalue weighted by Gasteiger charge is -2.38. The van der Waals surface area contributed by atoms with Gasteiger partial charge < -0.3 is 10.1 Å².